The van der Waals surface area contributed by atoms with Crippen LogP contribution >= 0.6 is 11.6 Å². The van der Waals surface area contributed by atoms with Crippen LogP contribution in [-0.4, -0.2) is 19.3 Å². The van der Waals surface area contributed by atoms with Gasteiger partial charge in [-0.1, -0.05) is 41.9 Å². The SMILES string of the molecule is O=S(=O)(C[C@@H](O)c1ccc(Cl)cc1)c1ccccc1. The average Bonchev–Trinajstić information content (AvgIpc) is 2.40. The van der Waals surface area contributed by atoms with E-state index < -0.39 is 15.9 Å². The Labute approximate surface area is 117 Å². The predicted molar refractivity (Wildman–Crippen MR) is 74.9 cm³/mol. The molecular weight excluding hydrogens is 284 g/mol. The fourth-order valence-corrected chi connectivity index (χ4v) is 3.21. The monoisotopic (exact) mass is 296 g/mol. The summed E-state index contributed by atoms with van der Waals surface area (Å²) in [6.45, 7) is 0. The van der Waals surface area contributed by atoms with Gasteiger partial charge in [0.25, 0.3) is 0 Å². The third-order valence-electron chi connectivity index (χ3n) is 2.73. The molecule has 0 heterocycles. The summed E-state index contributed by atoms with van der Waals surface area (Å²) >= 11 is 5.75. The van der Waals surface area contributed by atoms with Gasteiger partial charge in [0, 0.05) is 5.02 Å². The molecule has 0 saturated heterocycles. The van der Waals surface area contributed by atoms with Crippen LogP contribution in [0.4, 0.5) is 0 Å². The van der Waals surface area contributed by atoms with Crippen LogP contribution in [0.2, 0.25) is 5.02 Å². The number of rotatable bonds is 4. The van der Waals surface area contributed by atoms with Crippen molar-refractivity contribution in [1.29, 1.82) is 0 Å². The van der Waals surface area contributed by atoms with E-state index in [1.54, 1.807) is 42.5 Å². The van der Waals surface area contributed by atoms with Crippen LogP contribution in [0, 0.1) is 0 Å². The van der Waals surface area contributed by atoms with E-state index in [-0.39, 0.29) is 10.6 Å². The third-order valence-corrected chi connectivity index (χ3v) is 4.73. The van der Waals surface area contributed by atoms with E-state index >= 15 is 0 Å². The molecule has 0 radical (unpaired) electrons. The highest BCUT2D eigenvalue weighted by molar-refractivity contribution is 7.91. The first kappa shape index (κ1) is 14.1. The maximum atomic E-state index is 12.1. The number of aliphatic hydroxyl groups is 1. The first-order valence-electron chi connectivity index (χ1n) is 5.70. The minimum absolute atomic E-state index is 0.211. The third kappa shape index (κ3) is 3.56. The van der Waals surface area contributed by atoms with E-state index in [1.807, 2.05) is 0 Å². The Kier molecular flexibility index (Phi) is 4.24. The van der Waals surface area contributed by atoms with Gasteiger partial charge in [0.2, 0.25) is 0 Å². The second-order valence-electron chi connectivity index (χ2n) is 4.16. The van der Waals surface area contributed by atoms with E-state index in [1.165, 1.54) is 12.1 Å². The Balaban J connectivity index is 2.19. The Hall–Kier alpha value is -1.36. The fraction of sp³-hybridized carbons (Fsp3) is 0.143. The van der Waals surface area contributed by atoms with Crippen molar-refractivity contribution in [3.05, 3.63) is 65.2 Å². The maximum absolute atomic E-state index is 12.1. The molecular formula is C14H13ClO3S. The van der Waals surface area contributed by atoms with Crippen LogP contribution < -0.4 is 0 Å². The Morgan fingerprint density at radius 2 is 1.58 bits per heavy atom. The minimum Gasteiger partial charge on any atom is -0.387 e. The van der Waals surface area contributed by atoms with Gasteiger partial charge < -0.3 is 5.11 Å². The predicted octanol–water partition coefficient (Wildman–Crippen LogP) is 2.85. The summed E-state index contributed by atoms with van der Waals surface area (Å²) in [6.07, 6.45) is -1.07. The highest BCUT2D eigenvalue weighted by Crippen LogP contribution is 2.21. The molecule has 2 rings (SSSR count). The van der Waals surface area contributed by atoms with Gasteiger partial charge in [-0.05, 0) is 29.8 Å². The van der Waals surface area contributed by atoms with Crippen molar-refractivity contribution in [3.63, 3.8) is 0 Å². The Morgan fingerprint density at radius 3 is 2.16 bits per heavy atom. The lowest BCUT2D eigenvalue weighted by Crippen LogP contribution is -2.14. The zero-order valence-electron chi connectivity index (χ0n) is 10.0. The first-order valence-corrected chi connectivity index (χ1v) is 7.73. The second kappa shape index (κ2) is 5.74. The van der Waals surface area contributed by atoms with Gasteiger partial charge in [0.1, 0.15) is 0 Å². The van der Waals surface area contributed by atoms with Crippen molar-refractivity contribution in [3.8, 4) is 0 Å². The first-order chi connectivity index (χ1) is 8.99. The molecule has 0 aliphatic heterocycles. The van der Waals surface area contributed by atoms with Gasteiger partial charge in [0.05, 0.1) is 16.8 Å². The highest BCUT2D eigenvalue weighted by Gasteiger charge is 2.20. The van der Waals surface area contributed by atoms with E-state index in [0.29, 0.717) is 10.6 Å². The van der Waals surface area contributed by atoms with Crippen molar-refractivity contribution in [2.75, 3.05) is 5.75 Å². The van der Waals surface area contributed by atoms with Gasteiger partial charge in [-0.25, -0.2) is 8.42 Å². The largest absolute Gasteiger partial charge is 0.387 e. The Morgan fingerprint density at radius 1 is 1.00 bits per heavy atom. The van der Waals surface area contributed by atoms with Crippen LogP contribution in [-0.2, 0) is 9.84 Å². The van der Waals surface area contributed by atoms with Crippen LogP contribution in [0.5, 0.6) is 0 Å². The summed E-state index contributed by atoms with van der Waals surface area (Å²) in [5, 5.41) is 10.5. The van der Waals surface area contributed by atoms with E-state index in [0.717, 1.165) is 0 Å². The summed E-state index contributed by atoms with van der Waals surface area (Å²) in [4.78, 5) is 0.211. The molecule has 100 valence electrons. The molecule has 0 amide bonds. The van der Waals surface area contributed by atoms with Crippen LogP contribution in [0.25, 0.3) is 0 Å². The highest BCUT2D eigenvalue weighted by atomic mass is 35.5. The summed E-state index contributed by atoms with van der Waals surface area (Å²) in [7, 11) is -3.50. The van der Waals surface area contributed by atoms with Crippen LogP contribution in [0.1, 0.15) is 11.7 Å². The quantitative estimate of drug-likeness (QED) is 0.944. The molecule has 3 nitrogen and oxygen atoms in total. The molecule has 0 saturated carbocycles. The second-order valence-corrected chi connectivity index (χ2v) is 6.63. The van der Waals surface area contributed by atoms with Gasteiger partial charge in [-0.2, -0.15) is 0 Å². The minimum atomic E-state index is -3.50. The normalized spacial score (nSPS) is 13.2. The van der Waals surface area contributed by atoms with Gasteiger partial charge in [-0.15, -0.1) is 0 Å². The number of sulfone groups is 1. The lowest BCUT2D eigenvalue weighted by Gasteiger charge is -2.11. The molecule has 1 N–H and O–H groups in total. The topological polar surface area (TPSA) is 54.4 Å². The summed E-state index contributed by atoms with van der Waals surface area (Å²) < 4.78 is 24.2. The number of hydrogen-bond donors (Lipinski definition) is 1. The van der Waals surface area contributed by atoms with Crippen molar-refractivity contribution < 1.29 is 13.5 Å². The zero-order chi connectivity index (χ0) is 13.9. The number of hydrogen-bond acceptors (Lipinski definition) is 3. The summed E-state index contributed by atoms with van der Waals surface area (Å²) in [6, 6.07) is 14.6. The number of halogens is 1. The van der Waals surface area contributed by atoms with Gasteiger partial charge in [0.15, 0.2) is 9.84 Å². The maximum Gasteiger partial charge on any atom is 0.181 e. The average molecular weight is 297 g/mol. The van der Waals surface area contributed by atoms with Crippen molar-refractivity contribution in [1.82, 2.24) is 0 Å². The molecule has 5 heteroatoms. The van der Waals surface area contributed by atoms with Crippen LogP contribution in [0.15, 0.2) is 59.5 Å². The molecule has 1 atom stereocenters. The standard InChI is InChI=1S/C14H13ClO3S/c15-12-8-6-11(7-9-12)14(16)10-19(17,18)13-4-2-1-3-5-13/h1-9,14,16H,10H2/t14-/m1/s1. The lowest BCUT2D eigenvalue weighted by molar-refractivity contribution is 0.201. The van der Waals surface area contributed by atoms with Crippen LogP contribution in [0.3, 0.4) is 0 Å². The van der Waals surface area contributed by atoms with E-state index in [2.05, 4.69) is 0 Å². The molecule has 19 heavy (non-hydrogen) atoms. The van der Waals surface area contributed by atoms with Gasteiger partial charge in [-0.3, -0.25) is 0 Å². The molecule has 0 bridgehead atoms. The Bertz CT molecular complexity index is 636. The molecule has 0 aliphatic carbocycles. The fourth-order valence-electron chi connectivity index (χ4n) is 1.71. The lowest BCUT2D eigenvalue weighted by atomic mass is 10.1. The van der Waals surface area contributed by atoms with Gasteiger partial charge >= 0.3 is 0 Å². The summed E-state index contributed by atoms with van der Waals surface area (Å²) in [5.41, 5.74) is 0.531. The summed E-state index contributed by atoms with van der Waals surface area (Å²) in [5.74, 6) is -0.349. The van der Waals surface area contributed by atoms with Crippen molar-refractivity contribution in [2.45, 2.75) is 11.0 Å². The molecule has 0 fully saturated rings. The molecule has 0 aromatic heterocycles. The van der Waals surface area contributed by atoms with E-state index in [9.17, 15) is 13.5 Å². The molecule has 2 aromatic rings. The van der Waals surface area contributed by atoms with E-state index in [4.69, 9.17) is 11.6 Å². The smallest absolute Gasteiger partial charge is 0.181 e. The molecule has 0 aliphatic rings. The molecule has 0 unspecified atom stereocenters. The number of benzene rings is 2. The number of aliphatic hydroxyl groups excluding tert-OH is 1. The molecule has 2 aromatic carbocycles. The molecule has 0 spiro atoms. The van der Waals surface area contributed by atoms with Crippen molar-refractivity contribution >= 4 is 21.4 Å². The van der Waals surface area contributed by atoms with Crippen molar-refractivity contribution in [2.24, 2.45) is 0 Å². The zero-order valence-corrected chi connectivity index (χ0v) is 11.6.